The van der Waals surface area contributed by atoms with Gasteiger partial charge in [-0.1, -0.05) is 30.3 Å². The van der Waals surface area contributed by atoms with Crippen LogP contribution in [-0.4, -0.2) is 17.0 Å². The minimum atomic E-state index is 0.317. The molecular weight excluding hydrogens is 186 g/mol. The first kappa shape index (κ1) is 9.93. The van der Waals surface area contributed by atoms with Crippen LogP contribution < -0.4 is 5.32 Å². The molecule has 2 N–H and O–H groups in total. The van der Waals surface area contributed by atoms with E-state index in [1.165, 1.54) is 5.56 Å². The number of hydrogen-bond acceptors (Lipinski definition) is 2. The van der Waals surface area contributed by atoms with Gasteiger partial charge in [-0.25, -0.2) is 4.98 Å². The summed E-state index contributed by atoms with van der Waals surface area (Å²) in [5.74, 6) is 1.01. The molecule has 2 rings (SSSR count). The Morgan fingerprint density at radius 1 is 1.33 bits per heavy atom. The van der Waals surface area contributed by atoms with Crippen LogP contribution in [0.5, 0.6) is 0 Å². The molecule has 0 aliphatic carbocycles. The molecule has 0 saturated carbocycles. The minimum absolute atomic E-state index is 0.317. The summed E-state index contributed by atoms with van der Waals surface area (Å²) >= 11 is 0. The fraction of sp³-hybridized carbons (Fsp3) is 0.250. The van der Waals surface area contributed by atoms with Crippen LogP contribution in [0.3, 0.4) is 0 Å². The third kappa shape index (κ3) is 2.44. The van der Waals surface area contributed by atoms with Gasteiger partial charge in [0.15, 0.2) is 0 Å². The van der Waals surface area contributed by atoms with Gasteiger partial charge in [0.25, 0.3) is 0 Å². The highest BCUT2D eigenvalue weighted by atomic mass is 14.9. The fourth-order valence-corrected chi connectivity index (χ4v) is 1.67. The van der Waals surface area contributed by atoms with Crippen molar-refractivity contribution >= 4 is 0 Å². The molecule has 0 fully saturated rings. The van der Waals surface area contributed by atoms with E-state index in [1.807, 2.05) is 19.3 Å². The average molecular weight is 201 g/mol. The minimum Gasteiger partial charge on any atom is -0.349 e. The highest BCUT2D eigenvalue weighted by molar-refractivity contribution is 5.19. The molecule has 1 unspecified atom stereocenters. The van der Waals surface area contributed by atoms with Crippen molar-refractivity contribution in [2.24, 2.45) is 0 Å². The van der Waals surface area contributed by atoms with Gasteiger partial charge in [0.2, 0.25) is 0 Å². The second kappa shape index (κ2) is 4.75. The van der Waals surface area contributed by atoms with Crippen molar-refractivity contribution in [2.75, 3.05) is 7.05 Å². The quantitative estimate of drug-likeness (QED) is 0.793. The second-order valence-electron chi connectivity index (χ2n) is 3.49. The Balaban J connectivity index is 2.12. The molecule has 0 bridgehead atoms. The molecule has 0 saturated heterocycles. The van der Waals surface area contributed by atoms with Crippen molar-refractivity contribution in [3.63, 3.8) is 0 Å². The zero-order valence-electron chi connectivity index (χ0n) is 8.77. The van der Waals surface area contributed by atoms with Gasteiger partial charge in [0, 0.05) is 24.9 Å². The normalized spacial score (nSPS) is 12.6. The van der Waals surface area contributed by atoms with E-state index in [4.69, 9.17) is 0 Å². The molecule has 0 aliphatic rings. The van der Waals surface area contributed by atoms with Gasteiger partial charge < -0.3 is 10.3 Å². The summed E-state index contributed by atoms with van der Waals surface area (Å²) in [6.07, 6.45) is 4.52. The van der Waals surface area contributed by atoms with E-state index >= 15 is 0 Å². The van der Waals surface area contributed by atoms with E-state index < -0.39 is 0 Å². The lowest BCUT2D eigenvalue weighted by molar-refractivity contribution is 0.578. The molecule has 3 nitrogen and oxygen atoms in total. The fourth-order valence-electron chi connectivity index (χ4n) is 1.67. The number of aromatic nitrogens is 2. The number of aromatic amines is 1. The number of imidazole rings is 1. The summed E-state index contributed by atoms with van der Waals surface area (Å²) in [5.41, 5.74) is 1.29. The number of H-pyrrole nitrogens is 1. The molecule has 78 valence electrons. The Morgan fingerprint density at radius 3 is 2.73 bits per heavy atom. The number of rotatable bonds is 4. The van der Waals surface area contributed by atoms with Gasteiger partial charge in [-0.15, -0.1) is 0 Å². The average Bonchev–Trinajstić information content (AvgIpc) is 2.80. The molecule has 0 spiro atoms. The zero-order chi connectivity index (χ0) is 10.5. The maximum Gasteiger partial charge on any atom is 0.107 e. The summed E-state index contributed by atoms with van der Waals surface area (Å²) in [6, 6.07) is 10.7. The van der Waals surface area contributed by atoms with Crippen LogP contribution in [-0.2, 0) is 6.42 Å². The van der Waals surface area contributed by atoms with Gasteiger partial charge in [-0.2, -0.15) is 0 Å². The van der Waals surface area contributed by atoms with Crippen molar-refractivity contribution in [3.8, 4) is 0 Å². The lowest BCUT2D eigenvalue weighted by Gasteiger charge is -2.14. The molecule has 3 heteroatoms. The second-order valence-corrected chi connectivity index (χ2v) is 3.49. The van der Waals surface area contributed by atoms with Gasteiger partial charge in [0.1, 0.15) is 5.82 Å². The lowest BCUT2D eigenvalue weighted by atomic mass is 10.0. The molecule has 1 aromatic carbocycles. The predicted molar refractivity (Wildman–Crippen MR) is 60.5 cm³/mol. The summed E-state index contributed by atoms with van der Waals surface area (Å²) in [4.78, 5) is 7.35. The smallest absolute Gasteiger partial charge is 0.107 e. The number of benzene rings is 1. The summed E-state index contributed by atoms with van der Waals surface area (Å²) in [5, 5.41) is 3.30. The third-order valence-corrected chi connectivity index (χ3v) is 2.50. The van der Waals surface area contributed by atoms with Crippen LogP contribution in [0.1, 0.15) is 17.4 Å². The lowest BCUT2D eigenvalue weighted by Crippen LogP contribution is -2.19. The topological polar surface area (TPSA) is 40.7 Å². The van der Waals surface area contributed by atoms with Crippen LogP contribution in [0, 0.1) is 0 Å². The molecule has 0 radical (unpaired) electrons. The predicted octanol–water partition coefficient (Wildman–Crippen LogP) is 1.91. The molecule has 0 aliphatic heterocycles. The first-order valence-electron chi connectivity index (χ1n) is 5.10. The monoisotopic (exact) mass is 201 g/mol. The first-order chi connectivity index (χ1) is 7.40. The van der Waals surface area contributed by atoms with E-state index in [1.54, 1.807) is 6.20 Å². The highest BCUT2D eigenvalue weighted by Crippen LogP contribution is 2.15. The summed E-state index contributed by atoms with van der Waals surface area (Å²) in [7, 11) is 1.97. The van der Waals surface area contributed by atoms with Gasteiger partial charge in [-0.3, -0.25) is 0 Å². The van der Waals surface area contributed by atoms with Crippen molar-refractivity contribution in [1.82, 2.24) is 15.3 Å². The van der Waals surface area contributed by atoms with Crippen molar-refractivity contribution in [2.45, 2.75) is 12.5 Å². The van der Waals surface area contributed by atoms with Gasteiger partial charge >= 0.3 is 0 Å². The van der Waals surface area contributed by atoms with Crippen LogP contribution in [0.4, 0.5) is 0 Å². The largest absolute Gasteiger partial charge is 0.349 e. The summed E-state index contributed by atoms with van der Waals surface area (Å²) in [6.45, 7) is 0. The molecule has 2 aromatic rings. The van der Waals surface area contributed by atoms with Crippen LogP contribution in [0.25, 0.3) is 0 Å². The third-order valence-electron chi connectivity index (χ3n) is 2.50. The standard InChI is InChI=1S/C12H15N3/c1-13-11(9-12-14-7-8-15-12)10-5-3-2-4-6-10/h2-8,11,13H,9H2,1H3,(H,14,15). The Bertz CT molecular complexity index is 381. The first-order valence-corrected chi connectivity index (χ1v) is 5.10. The van der Waals surface area contributed by atoms with E-state index in [2.05, 4.69) is 39.6 Å². The Kier molecular flexibility index (Phi) is 3.15. The van der Waals surface area contributed by atoms with Gasteiger partial charge in [-0.05, 0) is 12.6 Å². The highest BCUT2D eigenvalue weighted by Gasteiger charge is 2.10. The Hall–Kier alpha value is -1.61. The summed E-state index contributed by atoms with van der Waals surface area (Å²) < 4.78 is 0. The number of hydrogen-bond donors (Lipinski definition) is 2. The molecule has 0 amide bonds. The Morgan fingerprint density at radius 2 is 2.13 bits per heavy atom. The number of likely N-dealkylation sites (N-methyl/N-ethyl adjacent to an activating group) is 1. The van der Waals surface area contributed by atoms with Crippen molar-refractivity contribution in [1.29, 1.82) is 0 Å². The van der Waals surface area contributed by atoms with E-state index in [-0.39, 0.29) is 0 Å². The van der Waals surface area contributed by atoms with E-state index in [9.17, 15) is 0 Å². The molecule has 1 heterocycles. The molecule has 1 aromatic heterocycles. The SMILES string of the molecule is CNC(Cc1ncc[nH]1)c1ccccc1. The van der Waals surface area contributed by atoms with Crippen LogP contribution in [0.2, 0.25) is 0 Å². The number of nitrogens with one attached hydrogen (secondary N) is 2. The van der Waals surface area contributed by atoms with Crippen LogP contribution >= 0.6 is 0 Å². The Labute approximate surface area is 89.6 Å². The molecule has 1 atom stereocenters. The zero-order valence-corrected chi connectivity index (χ0v) is 8.77. The number of nitrogens with zero attached hydrogens (tertiary/aromatic N) is 1. The van der Waals surface area contributed by atoms with E-state index in [0.29, 0.717) is 6.04 Å². The van der Waals surface area contributed by atoms with Gasteiger partial charge in [0.05, 0.1) is 0 Å². The maximum atomic E-state index is 4.23. The van der Waals surface area contributed by atoms with Crippen molar-refractivity contribution < 1.29 is 0 Å². The maximum absolute atomic E-state index is 4.23. The van der Waals surface area contributed by atoms with Crippen molar-refractivity contribution in [3.05, 3.63) is 54.1 Å². The molecular formula is C12H15N3. The van der Waals surface area contributed by atoms with E-state index in [0.717, 1.165) is 12.2 Å². The van der Waals surface area contributed by atoms with Crippen LogP contribution in [0.15, 0.2) is 42.7 Å². The molecule has 15 heavy (non-hydrogen) atoms.